The number of aryl methyl sites for hydroxylation is 1. The maximum Gasteiger partial charge on any atom is 0.173 e. The molecule has 0 aromatic carbocycles. The molecule has 15 heavy (non-hydrogen) atoms. The molecule has 2 heterocycles. The lowest BCUT2D eigenvalue weighted by atomic mass is 10.5. The van der Waals surface area contributed by atoms with Crippen LogP contribution in [0.15, 0.2) is 24.8 Å². The molecule has 3 N–H and O–H groups in total. The highest BCUT2D eigenvalue weighted by atomic mass is 15.3. The van der Waals surface area contributed by atoms with E-state index in [2.05, 4.69) is 20.4 Å². The Kier molecular flexibility index (Phi) is 2.49. The van der Waals surface area contributed by atoms with Crippen LogP contribution < -0.4 is 11.1 Å². The van der Waals surface area contributed by atoms with E-state index in [1.807, 2.05) is 17.8 Å². The predicted octanol–water partition coefficient (Wildman–Crippen LogP) is 1.02. The molecule has 0 atom stereocenters. The average Bonchev–Trinajstić information content (AvgIpc) is 2.69. The summed E-state index contributed by atoms with van der Waals surface area (Å²) in [6.07, 6.45) is 6.74. The van der Waals surface area contributed by atoms with Gasteiger partial charge in [-0.1, -0.05) is 0 Å². The molecule has 6 nitrogen and oxygen atoms in total. The molecule has 0 amide bonds. The van der Waals surface area contributed by atoms with Crippen LogP contribution in [-0.4, -0.2) is 19.7 Å². The van der Waals surface area contributed by atoms with Crippen molar-refractivity contribution in [3.8, 4) is 0 Å². The van der Waals surface area contributed by atoms with E-state index in [-0.39, 0.29) is 0 Å². The van der Waals surface area contributed by atoms with E-state index in [0.717, 1.165) is 12.2 Å². The van der Waals surface area contributed by atoms with Crippen LogP contribution in [0, 0.1) is 0 Å². The molecule has 0 unspecified atom stereocenters. The Bertz CT molecular complexity index is 449. The molecule has 0 bridgehead atoms. The van der Waals surface area contributed by atoms with Gasteiger partial charge in [0, 0.05) is 25.1 Å². The summed E-state index contributed by atoms with van der Waals surface area (Å²) >= 11 is 0. The van der Waals surface area contributed by atoms with Crippen molar-refractivity contribution in [2.24, 2.45) is 0 Å². The number of hydrogen-bond donors (Lipinski definition) is 2. The number of nitrogens with one attached hydrogen (secondary N) is 1. The van der Waals surface area contributed by atoms with E-state index >= 15 is 0 Å². The first-order valence-electron chi connectivity index (χ1n) is 4.65. The van der Waals surface area contributed by atoms with Crippen LogP contribution >= 0.6 is 0 Å². The molecule has 2 rings (SSSR count). The van der Waals surface area contributed by atoms with E-state index in [1.165, 1.54) is 0 Å². The van der Waals surface area contributed by atoms with Gasteiger partial charge in [0.05, 0.1) is 11.9 Å². The second-order valence-corrected chi connectivity index (χ2v) is 3.00. The highest BCUT2D eigenvalue weighted by molar-refractivity contribution is 5.64. The fourth-order valence-electron chi connectivity index (χ4n) is 1.18. The maximum atomic E-state index is 5.64. The number of nitrogens with zero attached hydrogens (tertiary/aromatic N) is 4. The SMILES string of the molecule is CCn1cc(Nc2nccnc2N)cn1. The van der Waals surface area contributed by atoms with E-state index in [1.54, 1.807) is 18.6 Å². The zero-order valence-corrected chi connectivity index (χ0v) is 8.38. The smallest absolute Gasteiger partial charge is 0.173 e. The summed E-state index contributed by atoms with van der Waals surface area (Å²) in [5.41, 5.74) is 6.50. The minimum atomic E-state index is 0.377. The quantitative estimate of drug-likeness (QED) is 0.780. The molecule has 0 spiro atoms. The van der Waals surface area contributed by atoms with Crippen molar-refractivity contribution in [1.29, 1.82) is 0 Å². The fraction of sp³-hybridized carbons (Fsp3) is 0.222. The Balaban J connectivity index is 2.18. The number of anilines is 3. The Labute approximate surface area is 87.2 Å². The van der Waals surface area contributed by atoms with Crippen LogP contribution in [0.1, 0.15) is 6.92 Å². The fourth-order valence-corrected chi connectivity index (χ4v) is 1.18. The van der Waals surface area contributed by atoms with E-state index in [0.29, 0.717) is 11.6 Å². The Hall–Kier alpha value is -2.11. The predicted molar refractivity (Wildman–Crippen MR) is 57.6 cm³/mol. The van der Waals surface area contributed by atoms with Gasteiger partial charge < -0.3 is 11.1 Å². The lowest BCUT2D eigenvalue weighted by Crippen LogP contribution is -2.00. The minimum Gasteiger partial charge on any atom is -0.381 e. The van der Waals surface area contributed by atoms with Crippen LogP contribution in [-0.2, 0) is 6.54 Å². The van der Waals surface area contributed by atoms with Gasteiger partial charge in [0.1, 0.15) is 0 Å². The van der Waals surface area contributed by atoms with Crippen LogP contribution in [0.4, 0.5) is 17.3 Å². The largest absolute Gasteiger partial charge is 0.381 e. The van der Waals surface area contributed by atoms with Crippen LogP contribution in [0.5, 0.6) is 0 Å². The number of aromatic nitrogens is 4. The summed E-state index contributed by atoms with van der Waals surface area (Å²) in [5, 5.41) is 7.17. The van der Waals surface area contributed by atoms with Gasteiger partial charge in [-0.3, -0.25) is 4.68 Å². The molecule has 2 aromatic rings. The number of hydrogen-bond acceptors (Lipinski definition) is 5. The van der Waals surface area contributed by atoms with Crippen molar-refractivity contribution < 1.29 is 0 Å². The Morgan fingerprint density at radius 2 is 2.20 bits per heavy atom. The van der Waals surface area contributed by atoms with Gasteiger partial charge in [0.15, 0.2) is 11.6 Å². The first-order chi connectivity index (χ1) is 7.29. The number of rotatable bonds is 3. The molecule has 0 aliphatic carbocycles. The zero-order chi connectivity index (χ0) is 10.7. The van der Waals surface area contributed by atoms with Crippen LogP contribution in [0.2, 0.25) is 0 Å². The van der Waals surface area contributed by atoms with Crippen LogP contribution in [0.3, 0.4) is 0 Å². The van der Waals surface area contributed by atoms with Crippen molar-refractivity contribution in [3.63, 3.8) is 0 Å². The van der Waals surface area contributed by atoms with E-state index in [4.69, 9.17) is 5.73 Å². The standard InChI is InChI=1S/C9H12N6/c1-2-15-6-7(5-13-15)14-9-8(10)11-3-4-12-9/h3-6H,2H2,1H3,(H2,10,11)(H,12,14). The minimum absolute atomic E-state index is 0.377. The van der Waals surface area contributed by atoms with Gasteiger partial charge in [-0.15, -0.1) is 0 Å². The Morgan fingerprint density at radius 3 is 2.87 bits per heavy atom. The lowest BCUT2D eigenvalue weighted by molar-refractivity contribution is 0.660. The van der Waals surface area contributed by atoms with Crippen molar-refractivity contribution in [2.75, 3.05) is 11.1 Å². The highest BCUT2D eigenvalue weighted by Crippen LogP contribution is 2.16. The third-order valence-electron chi connectivity index (χ3n) is 1.95. The molecular formula is C9H12N6. The van der Waals surface area contributed by atoms with E-state index < -0.39 is 0 Å². The van der Waals surface area contributed by atoms with Crippen LogP contribution in [0.25, 0.3) is 0 Å². The molecular weight excluding hydrogens is 192 g/mol. The lowest BCUT2D eigenvalue weighted by Gasteiger charge is -2.03. The number of nitrogen functional groups attached to an aromatic ring is 1. The van der Waals surface area contributed by atoms with Crippen molar-refractivity contribution in [1.82, 2.24) is 19.7 Å². The summed E-state index contributed by atoms with van der Waals surface area (Å²) in [5.74, 6) is 0.926. The third kappa shape index (κ3) is 2.04. The van der Waals surface area contributed by atoms with Crippen molar-refractivity contribution in [3.05, 3.63) is 24.8 Å². The van der Waals surface area contributed by atoms with Gasteiger partial charge in [-0.05, 0) is 6.92 Å². The summed E-state index contributed by atoms with van der Waals surface area (Å²) in [6, 6.07) is 0. The summed E-state index contributed by atoms with van der Waals surface area (Å²) in [6.45, 7) is 2.85. The first-order valence-corrected chi connectivity index (χ1v) is 4.65. The van der Waals surface area contributed by atoms with Gasteiger partial charge in [0.25, 0.3) is 0 Å². The van der Waals surface area contributed by atoms with Crippen molar-refractivity contribution >= 4 is 17.3 Å². The van der Waals surface area contributed by atoms with Gasteiger partial charge in [-0.25, -0.2) is 9.97 Å². The van der Waals surface area contributed by atoms with Gasteiger partial charge >= 0.3 is 0 Å². The maximum absolute atomic E-state index is 5.64. The molecule has 0 saturated heterocycles. The molecule has 0 saturated carbocycles. The molecule has 6 heteroatoms. The second kappa shape index (κ2) is 3.95. The number of nitrogens with two attached hydrogens (primary N) is 1. The average molecular weight is 204 g/mol. The molecule has 78 valence electrons. The molecule has 0 fully saturated rings. The molecule has 2 aromatic heterocycles. The van der Waals surface area contributed by atoms with Gasteiger partial charge in [-0.2, -0.15) is 5.10 Å². The zero-order valence-electron chi connectivity index (χ0n) is 8.38. The summed E-state index contributed by atoms with van der Waals surface area (Å²) in [4.78, 5) is 8.00. The summed E-state index contributed by atoms with van der Waals surface area (Å²) < 4.78 is 1.81. The molecule has 0 aliphatic rings. The van der Waals surface area contributed by atoms with Gasteiger partial charge in [0.2, 0.25) is 0 Å². The van der Waals surface area contributed by atoms with E-state index in [9.17, 15) is 0 Å². The topological polar surface area (TPSA) is 81.7 Å². The normalized spacial score (nSPS) is 10.2. The molecule has 0 aliphatic heterocycles. The Morgan fingerprint density at radius 1 is 1.40 bits per heavy atom. The first kappa shape index (κ1) is 9.45. The summed E-state index contributed by atoms with van der Waals surface area (Å²) in [7, 11) is 0. The monoisotopic (exact) mass is 204 g/mol. The third-order valence-corrected chi connectivity index (χ3v) is 1.95. The molecule has 0 radical (unpaired) electrons. The second-order valence-electron chi connectivity index (χ2n) is 3.00. The van der Waals surface area contributed by atoms with Crippen molar-refractivity contribution in [2.45, 2.75) is 13.5 Å². The highest BCUT2D eigenvalue weighted by Gasteiger charge is 2.02.